The number of aliphatic hydroxyl groups is 1. The Balaban J connectivity index is 0.000000242. The Morgan fingerprint density at radius 1 is 0.736 bits per heavy atom. The maximum Gasteiger partial charge on any atom is 0.414 e. The monoisotopic (exact) mass is 766 g/mol. The SMILES string of the molecule is CCl.CN(C)C(=O)Cl.Cc1cc(-c2ccccc2)nn1C1=C(O)C(C)NC1=O.Cc1cc(-c2ccccc2)nn1C1=C(OC(=O)N(C)C)C(C)NC1=O. The van der Waals surface area contributed by atoms with Crippen molar-refractivity contribution in [3.05, 3.63) is 95.7 Å². The highest BCUT2D eigenvalue weighted by Crippen LogP contribution is 2.28. The van der Waals surface area contributed by atoms with Crippen molar-refractivity contribution >= 4 is 57.9 Å². The Morgan fingerprint density at radius 3 is 1.51 bits per heavy atom. The molecule has 0 fully saturated rings. The lowest BCUT2D eigenvalue weighted by atomic mass is 10.1. The quantitative estimate of drug-likeness (QED) is 0.125. The fraction of sp³-hybridized carbons (Fsp3) is 0.297. The number of nitrogens with zero attached hydrogens (tertiary/aromatic N) is 6. The third kappa shape index (κ3) is 10.3. The molecule has 2 atom stereocenters. The highest BCUT2D eigenvalue weighted by atomic mass is 35.5. The van der Waals surface area contributed by atoms with Crippen LogP contribution in [-0.4, -0.2) is 104 Å². The molecule has 2 aromatic carbocycles. The maximum atomic E-state index is 12.4. The van der Waals surface area contributed by atoms with E-state index in [0.29, 0.717) is 0 Å². The lowest BCUT2D eigenvalue weighted by Crippen LogP contribution is -2.29. The summed E-state index contributed by atoms with van der Waals surface area (Å²) in [5, 5.41) is 24.0. The average Bonchev–Trinajstić information content (AvgIpc) is 3.85. The first-order chi connectivity index (χ1) is 25.1. The van der Waals surface area contributed by atoms with Crippen LogP contribution in [0.4, 0.5) is 9.59 Å². The van der Waals surface area contributed by atoms with Crippen LogP contribution in [0.1, 0.15) is 25.2 Å². The van der Waals surface area contributed by atoms with Gasteiger partial charge in [-0.1, -0.05) is 60.7 Å². The number of amides is 4. The van der Waals surface area contributed by atoms with Crippen LogP contribution in [0.5, 0.6) is 0 Å². The molecule has 14 nitrogen and oxygen atoms in total. The van der Waals surface area contributed by atoms with Gasteiger partial charge in [0.1, 0.15) is 5.76 Å². The second kappa shape index (κ2) is 18.8. The number of nitrogens with one attached hydrogen (secondary N) is 2. The van der Waals surface area contributed by atoms with Gasteiger partial charge in [-0.2, -0.15) is 10.2 Å². The van der Waals surface area contributed by atoms with Gasteiger partial charge in [-0.15, -0.1) is 11.6 Å². The van der Waals surface area contributed by atoms with Gasteiger partial charge in [0, 0.05) is 57.1 Å². The van der Waals surface area contributed by atoms with Crippen molar-refractivity contribution in [2.75, 3.05) is 34.6 Å². The number of ether oxygens (including phenoxy) is 1. The van der Waals surface area contributed by atoms with Crippen LogP contribution in [0.15, 0.2) is 84.3 Å². The van der Waals surface area contributed by atoms with E-state index in [4.69, 9.17) is 16.3 Å². The summed E-state index contributed by atoms with van der Waals surface area (Å²) in [7, 11) is 6.36. The largest absolute Gasteiger partial charge is 0.508 e. The number of hydrogen-bond donors (Lipinski definition) is 3. The number of carbonyl (C=O) groups excluding carboxylic acids is 4. The van der Waals surface area contributed by atoms with E-state index in [1.54, 1.807) is 42.0 Å². The van der Waals surface area contributed by atoms with Crippen LogP contribution < -0.4 is 10.6 Å². The molecule has 0 spiro atoms. The lowest BCUT2D eigenvalue weighted by Gasteiger charge is -2.14. The molecule has 282 valence electrons. The zero-order valence-electron chi connectivity index (χ0n) is 31.0. The Hall–Kier alpha value is -5.60. The number of rotatable bonds is 5. The van der Waals surface area contributed by atoms with Gasteiger partial charge in [-0.3, -0.25) is 14.4 Å². The number of aryl methyl sites for hydroxylation is 2. The van der Waals surface area contributed by atoms with E-state index in [1.165, 1.54) is 25.5 Å². The summed E-state index contributed by atoms with van der Waals surface area (Å²) in [4.78, 5) is 48.7. The number of aliphatic hydroxyl groups excluding tert-OH is 1. The van der Waals surface area contributed by atoms with Gasteiger partial charge >= 0.3 is 11.5 Å². The van der Waals surface area contributed by atoms with Crippen molar-refractivity contribution in [3.8, 4) is 22.5 Å². The second-order valence-electron chi connectivity index (χ2n) is 12.1. The maximum absolute atomic E-state index is 12.4. The predicted octanol–water partition coefficient (Wildman–Crippen LogP) is 6.11. The average molecular weight is 768 g/mol. The van der Waals surface area contributed by atoms with Crippen LogP contribution in [0.2, 0.25) is 0 Å². The zero-order valence-corrected chi connectivity index (χ0v) is 32.5. The summed E-state index contributed by atoms with van der Waals surface area (Å²) < 4.78 is 8.44. The second-order valence-corrected chi connectivity index (χ2v) is 12.5. The van der Waals surface area contributed by atoms with Gasteiger partial charge in [0.05, 0.1) is 23.5 Å². The fourth-order valence-corrected chi connectivity index (χ4v) is 4.93. The number of halogens is 2. The van der Waals surface area contributed by atoms with E-state index in [1.807, 2.05) is 86.6 Å². The van der Waals surface area contributed by atoms with E-state index in [9.17, 15) is 24.3 Å². The van der Waals surface area contributed by atoms with Gasteiger partial charge in [-0.25, -0.2) is 14.2 Å². The summed E-state index contributed by atoms with van der Waals surface area (Å²) in [6.45, 7) is 7.21. The first kappa shape index (κ1) is 41.8. The minimum atomic E-state index is -0.538. The molecule has 3 N–H and O–H groups in total. The predicted molar refractivity (Wildman–Crippen MR) is 206 cm³/mol. The molecule has 2 aliphatic rings. The van der Waals surface area contributed by atoms with Crippen molar-refractivity contribution in [1.29, 1.82) is 0 Å². The highest BCUT2D eigenvalue weighted by molar-refractivity contribution is 6.62. The number of aromatic nitrogens is 4. The number of alkyl halides is 1. The molecular formula is C37H44Cl2N8O6. The third-order valence-electron chi connectivity index (χ3n) is 7.66. The summed E-state index contributed by atoms with van der Waals surface area (Å²) in [5.41, 5.74) is 5.46. The molecule has 16 heteroatoms. The first-order valence-electron chi connectivity index (χ1n) is 16.3. The van der Waals surface area contributed by atoms with Gasteiger partial charge < -0.3 is 30.3 Å². The molecule has 4 heterocycles. The van der Waals surface area contributed by atoms with Crippen LogP contribution in [0.3, 0.4) is 0 Å². The van der Waals surface area contributed by atoms with Crippen LogP contribution >= 0.6 is 23.2 Å². The molecule has 0 saturated heterocycles. The normalized spacial score (nSPS) is 15.9. The molecule has 4 amide bonds. The molecule has 0 radical (unpaired) electrons. The lowest BCUT2D eigenvalue weighted by molar-refractivity contribution is -0.116. The minimum Gasteiger partial charge on any atom is -0.508 e. The molecule has 0 aliphatic carbocycles. The Kier molecular flexibility index (Phi) is 14.8. The third-order valence-corrected chi connectivity index (χ3v) is 7.99. The van der Waals surface area contributed by atoms with Crippen LogP contribution in [-0.2, 0) is 14.3 Å². The van der Waals surface area contributed by atoms with Crippen molar-refractivity contribution in [2.24, 2.45) is 0 Å². The molecule has 2 unspecified atom stereocenters. The number of carbonyl (C=O) groups is 4. The molecule has 53 heavy (non-hydrogen) atoms. The van der Waals surface area contributed by atoms with Crippen molar-refractivity contribution in [3.63, 3.8) is 0 Å². The van der Waals surface area contributed by atoms with E-state index in [2.05, 4.69) is 32.4 Å². The Bertz CT molecular complexity index is 1990. The Labute approximate surface area is 318 Å². The molecule has 6 rings (SSSR count). The molecule has 0 bridgehead atoms. The molecule has 2 aromatic heterocycles. The molecule has 2 aliphatic heterocycles. The molecule has 4 aromatic rings. The highest BCUT2D eigenvalue weighted by Gasteiger charge is 2.35. The smallest absolute Gasteiger partial charge is 0.414 e. The summed E-state index contributed by atoms with van der Waals surface area (Å²) >= 11 is 9.54. The topological polar surface area (TPSA) is 164 Å². The molecular weight excluding hydrogens is 723 g/mol. The van der Waals surface area contributed by atoms with Gasteiger partial charge in [0.15, 0.2) is 17.2 Å². The number of benzene rings is 2. The van der Waals surface area contributed by atoms with E-state index in [-0.39, 0.29) is 40.8 Å². The zero-order chi connectivity index (χ0) is 39.6. The fourth-order valence-electron chi connectivity index (χ4n) is 4.93. The Morgan fingerprint density at radius 2 is 1.13 bits per heavy atom. The standard InChI is InChI=1S/C18H20N4O3.C15H15N3O2.C3H6ClNO.CH3Cl/c1-11-10-14(13-8-6-5-7-9-13)20-22(11)15-16(12(2)19-17(15)23)25-18(24)21(3)4;1-9-8-12(11-6-4-3-5-7-11)17-18(9)13-14(19)10(2)16-15(13)20;1-5(2)3(4)6;1-2/h5-10,12H,1-4H3,(H,19,23);3-8,10,19H,1-2H3,(H,16,20);1-2H3;1H3. The summed E-state index contributed by atoms with van der Waals surface area (Å²) in [6.07, 6.45) is 0.934. The van der Waals surface area contributed by atoms with E-state index in [0.717, 1.165) is 33.9 Å². The van der Waals surface area contributed by atoms with Gasteiger partial charge in [-0.05, 0) is 51.4 Å². The van der Waals surface area contributed by atoms with Crippen molar-refractivity contribution < 1.29 is 29.0 Å². The van der Waals surface area contributed by atoms with Gasteiger partial charge in [0.25, 0.3) is 11.8 Å². The van der Waals surface area contributed by atoms with Crippen LogP contribution in [0, 0.1) is 13.8 Å². The number of hydrogen-bond acceptors (Lipinski definition) is 8. The van der Waals surface area contributed by atoms with Crippen molar-refractivity contribution in [1.82, 2.24) is 40.0 Å². The molecule has 0 saturated carbocycles. The summed E-state index contributed by atoms with van der Waals surface area (Å²) in [5.74, 6) is -0.323. The van der Waals surface area contributed by atoms with E-state index >= 15 is 0 Å². The van der Waals surface area contributed by atoms with E-state index < -0.39 is 17.5 Å². The first-order valence-corrected chi connectivity index (χ1v) is 17.4. The van der Waals surface area contributed by atoms with Gasteiger partial charge in [0.2, 0.25) is 0 Å². The summed E-state index contributed by atoms with van der Waals surface area (Å²) in [6, 6.07) is 22.4. The van der Waals surface area contributed by atoms with Crippen molar-refractivity contribution in [2.45, 2.75) is 39.8 Å². The minimum absolute atomic E-state index is 0.0285. The van der Waals surface area contributed by atoms with Crippen LogP contribution in [0.25, 0.3) is 33.9 Å².